The highest BCUT2D eigenvalue weighted by Crippen LogP contribution is 2.35. The van der Waals surface area contributed by atoms with Crippen LogP contribution < -0.4 is 0 Å². The Morgan fingerprint density at radius 3 is 1.41 bits per heavy atom. The molecule has 0 saturated carbocycles. The van der Waals surface area contributed by atoms with Gasteiger partial charge in [0.15, 0.2) is 0 Å². The monoisotopic (exact) mass is 222 g/mol. The summed E-state index contributed by atoms with van der Waals surface area (Å²) in [5.74, 6) is 0. The molecule has 0 radical (unpaired) electrons. The minimum atomic E-state index is 0.900. The molecule has 0 bridgehead atoms. The van der Waals surface area contributed by atoms with Gasteiger partial charge in [0.05, 0.1) is 0 Å². The van der Waals surface area contributed by atoms with E-state index < -0.39 is 0 Å². The van der Waals surface area contributed by atoms with Crippen LogP contribution in [0, 0.1) is 0 Å². The molecule has 0 unspecified atom stereocenters. The second-order valence-corrected chi connectivity index (χ2v) is 3.65. The summed E-state index contributed by atoms with van der Waals surface area (Å²) in [6.45, 7) is 15.1. The fourth-order valence-corrected chi connectivity index (χ4v) is 1.89. The first-order valence-electron chi connectivity index (χ1n) is 5.58. The van der Waals surface area contributed by atoms with Gasteiger partial charge in [0.2, 0.25) is 0 Å². The fourth-order valence-electron chi connectivity index (χ4n) is 1.89. The molecule has 0 spiro atoms. The van der Waals surface area contributed by atoms with Gasteiger partial charge in [-0.2, -0.15) is 0 Å². The molecule has 1 aliphatic rings. The minimum absolute atomic E-state index is 0.900. The molecule has 17 heavy (non-hydrogen) atoms. The van der Waals surface area contributed by atoms with Crippen molar-refractivity contribution in [2.24, 2.45) is 0 Å². The Morgan fingerprint density at radius 2 is 1.12 bits per heavy atom. The summed E-state index contributed by atoms with van der Waals surface area (Å²) in [6.07, 6.45) is 16.3. The molecule has 0 heterocycles. The van der Waals surface area contributed by atoms with Gasteiger partial charge in [-0.1, -0.05) is 74.9 Å². The smallest absolute Gasteiger partial charge is 0.00135 e. The predicted octanol–water partition coefficient (Wildman–Crippen LogP) is 4.84. The molecule has 0 amide bonds. The Kier molecular flexibility index (Phi) is 4.96. The average Bonchev–Trinajstić information content (AvgIpc) is 2.70. The second kappa shape index (κ2) is 6.49. The Labute approximate surface area is 104 Å². The SMILES string of the molecule is C=C/C=C\C1=C(C=C)C(C=C)=C(/C=C\C=C)C1. The van der Waals surface area contributed by atoms with Crippen LogP contribution in [0.15, 0.2) is 97.2 Å². The summed E-state index contributed by atoms with van der Waals surface area (Å²) < 4.78 is 0. The highest BCUT2D eigenvalue weighted by Gasteiger charge is 2.16. The number of hydrogen-bond acceptors (Lipinski definition) is 0. The van der Waals surface area contributed by atoms with Crippen LogP contribution in [0.5, 0.6) is 0 Å². The van der Waals surface area contributed by atoms with Gasteiger partial charge in [-0.25, -0.2) is 0 Å². The molecule has 0 atom stereocenters. The van der Waals surface area contributed by atoms with Crippen molar-refractivity contribution in [2.45, 2.75) is 6.42 Å². The third kappa shape index (κ3) is 2.94. The van der Waals surface area contributed by atoms with Crippen molar-refractivity contribution in [3.8, 4) is 0 Å². The lowest BCUT2D eigenvalue weighted by Gasteiger charge is -1.99. The maximum absolute atomic E-state index is 3.87. The normalized spacial score (nSPS) is 16.0. The second-order valence-electron chi connectivity index (χ2n) is 3.65. The van der Waals surface area contributed by atoms with Gasteiger partial charge in [0, 0.05) is 0 Å². The maximum Gasteiger partial charge on any atom is -0.00135 e. The summed E-state index contributed by atoms with van der Waals surface area (Å²) in [6, 6.07) is 0. The van der Waals surface area contributed by atoms with E-state index >= 15 is 0 Å². The standard InChI is InChI=1S/C17H18/c1-5-9-11-14-13-15(12-10-6-2)17(8-4)16(14)7-3/h5-12H,1-4,13H2/b11-9-,12-10-. The molecule has 0 aromatic carbocycles. The fraction of sp³-hybridized carbons (Fsp3) is 0.0588. The van der Waals surface area contributed by atoms with E-state index in [1.54, 1.807) is 12.2 Å². The van der Waals surface area contributed by atoms with Crippen LogP contribution in [0.3, 0.4) is 0 Å². The summed E-state index contributed by atoms with van der Waals surface area (Å²) >= 11 is 0. The molecule has 86 valence electrons. The Morgan fingerprint density at radius 1 is 0.706 bits per heavy atom. The summed E-state index contributed by atoms with van der Waals surface area (Å²) in [4.78, 5) is 0. The van der Waals surface area contributed by atoms with Crippen LogP contribution >= 0.6 is 0 Å². The minimum Gasteiger partial charge on any atom is -0.0991 e. The van der Waals surface area contributed by atoms with E-state index in [9.17, 15) is 0 Å². The zero-order valence-corrected chi connectivity index (χ0v) is 10.2. The van der Waals surface area contributed by atoms with Gasteiger partial charge < -0.3 is 0 Å². The number of rotatable bonds is 6. The van der Waals surface area contributed by atoms with Gasteiger partial charge in [-0.15, -0.1) is 0 Å². The summed E-state index contributed by atoms with van der Waals surface area (Å²) in [5.41, 5.74) is 4.81. The third-order valence-electron chi connectivity index (χ3n) is 2.64. The van der Waals surface area contributed by atoms with E-state index in [4.69, 9.17) is 0 Å². The van der Waals surface area contributed by atoms with Crippen molar-refractivity contribution in [2.75, 3.05) is 0 Å². The summed E-state index contributed by atoms with van der Waals surface area (Å²) in [5, 5.41) is 0. The molecule has 0 saturated heterocycles. The van der Waals surface area contributed by atoms with Crippen LogP contribution in [0.1, 0.15) is 6.42 Å². The average molecular weight is 222 g/mol. The van der Waals surface area contributed by atoms with Gasteiger partial charge in [0.1, 0.15) is 0 Å². The molecule has 0 N–H and O–H groups in total. The predicted molar refractivity (Wildman–Crippen MR) is 77.7 cm³/mol. The first-order chi connectivity index (χ1) is 8.28. The molecule has 0 aromatic rings. The molecule has 0 nitrogen and oxygen atoms in total. The molecule has 1 rings (SSSR count). The van der Waals surface area contributed by atoms with Crippen molar-refractivity contribution < 1.29 is 0 Å². The van der Waals surface area contributed by atoms with Crippen LogP contribution in [0.2, 0.25) is 0 Å². The third-order valence-corrected chi connectivity index (χ3v) is 2.64. The number of allylic oxidation sites excluding steroid dienone is 12. The van der Waals surface area contributed by atoms with Gasteiger partial charge in [-0.05, 0) is 28.7 Å². The van der Waals surface area contributed by atoms with Gasteiger partial charge in [0.25, 0.3) is 0 Å². The molecule has 0 fully saturated rings. The molecule has 1 aliphatic carbocycles. The lowest BCUT2D eigenvalue weighted by atomic mass is 10.1. The topological polar surface area (TPSA) is 0 Å². The Hall–Kier alpha value is -2.08. The Balaban J connectivity index is 3.15. The lowest BCUT2D eigenvalue weighted by Crippen LogP contribution is -1.80. The van der Waals surface area contributed by atoms with Crippen molar-refractivity contribution >= 4 is 0 Å². The number of hydrogen-bond donors (Lipinski definition) is 0. The largest absolute Gasteiger partial charge is 0.0991 e. The van der Waals surface area contributed by atoms with Crippen LogP contribution in [-0.4, -0.2) is 0 Å². The van der Waals surface area contributed by atoms with E-state index in [1.807, 2.05) is 24.3 Å². The van der Waals surface area contributed by atoms with E-state index in [2.05, 4.69) is 38.5 Å². The highest BCUT2D eigenvalue weighted by atomic mass is 14.2. The first-order valence-corrected chi connectivity index (χ1v) is 5.58. The zero-order chi connectivity index (χ0) is 12.7. The molecule has 0 aliphatic heterocycles. The van der Waals surface area contributed by atoms with Gasteiger partial charge >= 0.3 is 0 Å². The molecule has 0 aromatic heterocycles. The zero-order valence-electron chi connectivity index (χ0n) is 10.2. The lowest BCUT2D eigenvalue weighted by molar-refractivity contribution is 1.24. The molecular formula is C17H18. The van der Waals surface area contributed by atoms with Crippen LogP contribution in [0.4, 0.5) is 0 Å². The van der Waals surface area contributed by atoms with Crippen molar-refractivity contribution in [1.82, 2.24) is 0 Å². The van der Waals surface area contributed by atoms with E-state index in [0.29, 0.717) is 0 Å². The van der Waals surface area contributed by atoms with Crippen molar-refractivity contribution in [3.05, 3.63) is 97.2 Å². The Bertz CT molecular complexity index is 418. The van der Waals surface area contributed by atoms with E-state index in [-0.39, 0.29) is 0 Å². The van der Waals surface area contributed by atoms with Crippen molar-refractivity contribution in [1.29, 1.82) is 0 Å². The van der Waals surface area contributed by atoms with Crippen LogP contribution in [-0.2, 0) is 0 Å². The van der Waals surface area contributed by atoms with Crippen molar-refractivity contribution in [3.63, 3.8) is 0 Å². The maximum atomic E-state index is 3.87. The van der Waals surface area contributed by atoms with E-state index in [1.165, 1.54) is 11.1 Å². The highest BCUT2D eigenvalue weighted by molar-refractivity contribution is 5.62. The van der Waals surface area contributed by atoms with Gasteiger partial charge in [-0.3, -0.25) is 0 Å². The van der Waals surface area contributed by atoms with E-state index in [0.717, 1.165) is 17.6 Å². The quantitative estimate of drug-likeness (QED) is 0.564. The molecule has 0 heteroatoms. The summed E-state index contributed by atoms with van der Waals surface area (Å²) in [7, 11) is 0. The first kappa shape index (κ1) is 13.0. The molecular weight excluding hydrogens is 204 g/mol. The van der Waals surface area contributed by atoms with Crippen LogP contribution in [0.25, 0.3) is 0 Å².